The smallest absolute Gasteiger partial charge is 0.382 e. The average molecular weight is 244 g/mol. The Hall–Kier alpha value is -1.74. The zero-order valence-electron chi connectivity index (χ0n) is 9.07. The first-order valence-electron chi connectivity index (χ1n) is 4.80. The molecule has 0 aliphatic rings. The van der Waals surface area contributed by atoms with Gasteiger partial charge in [-0.15, -0.1) is 0 Å². The molecule has 0 spiro atoms. The minimum atomic E-state index is -4.62. The molecule has 1 unspecified atom stereocenters. The number of halogens is 3. The highest BCUT2D eigenvalue weighted by Gasteiger charge is 2.38. The Morgan fingerprint density at radius 2 is 1.88 bits per heavy atom. The summed E-state index contributed by atoms with van der Waals surface area (Å²) in [5.41, 5.74) is 0.936. The van der Waals surface area contributed by atoms with Crippen molar-refractivity contribution >= 4 is 5.69 Å². The Morgan fingerprint density at radius 3 is 2.29 bits per heavy atom. The second-order valence-electron chi connectivity index (χ2n) is 3.60. The first-order chi connectivity index (χ1) is 7.84. The lowest BCUT2D eigenvalue weighted by molar-refractivity contribution is -0.200. The number of hydrogen-bond acceptors (Lipinski definition) is 3. The number of benzene rings is 1. The van der Waals surface area contributed by atoms with Crippen LogP contribution in [0.2, 0.25) is 0 Å². The van der Waals surface area contributed by atoms with Crippen LogP contribution in [-0.4, -0.2) is 31.0 Å². The van der Waals surface area contributed by atoms with E-state index in [0.717, 1.165) is 0 Å². The van der Waals surface area contributed by atoms with Gasteiger partial charge in [0.1, 0.15) is 0 Å². The number of nitriles is 1. The third-order valence-electron chi connectivity index (χ3n) is 2.26. The third kappa shape index (κ3) is 3.64. The zero-order chi connectivity index (χ0) is 13.1. The summed E-state index contributed by atoms with van der Waals surface area (Å²) in [5.74, 6) is 0. The molecule has 0 radical (unpaired) electrons. The van der Waals surface area contributed by atoms with E-state index in [1.807, 2.05) is 6.07 Å². The van der Waals surface area contributed by atoms with Crippen LogP contribution in [0.15, 0.2) is 24.3 Å². The lowest BCUT2D eigenvalue weighted by Crippen LogP contribution is -2.39. The molecule has 1 rings (SSSR count). The first kappa shape index (κ1) is 13.3. The quantitative estimate of drug-likeness (QED) is 0.883. The van der Waals surface area contributed by atoms with Crippen LogP contribution in [0, 0.1) is 11.3 Å². The van der Waals surface area contributed by atoms with E-state index in [1.165, 1.54) is 36.2 Å². The van der Waals surface area contributed by atoms with Crippen LogP contribution in [0.4, 0.5) is 18.9 Å². The van der Waals surface area contributed by atoms with Crippen molar-refractivity contribution in [1.82, 2.24) is 0 Å². The van der Waals surface area contributed by atoms with Crippen LogP contribution < -0.4 is 4.90 Å². The maximum atomic E-state index is 12.1. The lowest BCUT2D eigenvalue weighted by atomic mass is 10.2. The summed E-state index contributed by atoms with van der Waals surface area (Å²) in [4.78, 5) is 1.28. The van der Waals surface area contributed by atoms with Crippen molar-refractivity contribution < 1.29 is 18.3 Å². The van der Waals surface area contributed by atoms with Gasteiger partial charge in [-0.2, -0.15) is 18.4 Å². The topological polar surface area (TPSA) is 47.3 Å². The molecule has 92 valence electrons. The van der Waals surface area contributed by atoms with Gasteiger partial charge in [0, 0.05) is 12.7 Å². The summed E-state index contributed by atoms with van der Waals surface area (Å²) in [5, 5.41) is 17.5. The summed E-state index contributed by atoms with van der Waals surface area (Å²) in [6, 6.07) is 7.98. The number of rotatable bonds is 3. The zero-order valence-corrected chi connectivity index (χ0v) is 9.07. The third-order valence-corrected chi connectivity index (χ3v) is 2.26. The van der Waals surface area contributed by atoms with Gasteiger partial charge in [0.25, 0.3) is 0 Å². The average Bonchev–Trinajstić information content (AvgIpc) is 2.27. The number of aliphatic hydroxyl groups is 1. The summed E-state index contributed by atoms with van der Waals surface area (Å²) in [6.45, 7) is -0.546. The number of hydrogen-bond donors (Lipinski definition) is 1. The van der Waals surface area contributed by atoms with Crippen LogP contribution in [-0.2, 0) is 0 Å². The Labute approximate surface area is 96.7 Å². The van der Waals surface area contributed by atoms with Crippen molar-refractivity contribution in [3.05, 3.63) is 29.8 Å². The van der Waals surface area contributed by atoms with Crippen molar-refractivity contribution in [1.29, 1.82) is 5.26 Å². The second-order valence-corrected chi connectivity index (χ2v) is 3.60. The van der Waals surface area contributed by atoms with Crippen molar-refractivity contribution in [2.75, 3.05) is 18.5 Å². The van der Waals surface area contributed by atoms with Gasteiger partial charge >= 0.3 is 6.18 Å². The molecule has 0 aliphatic carbocycles. The molecule has 0 amide bonds. The number of alkyl halides is 3. The normalized spacial score (nSPS) is 12.9. The van der Waals surface area contributed by atoms with Crippen LogP contribution >= 0.6 is 0 Å². The lowest BCUT2D eigenvalue weighted by Gasteiger charge is -2.24. The maximum Gasteiger partial charge on any atom is 0.416 e. The van der Waals surface area contributed by atoms with Gasteiger partial charge in [-0.05, 0) is 24.3 Å². The first-order valence-corrected chi connectivity index (χ1v) is 4.80. The van der Waals surface area contributed by atoms with Gasteiger partial charge in [-0.3, -0.25) is 0 Å². The second kappa shape index (κ2) is 5.06. The fourth-order valence-electron chi connectivity index (χ4n) is 1.26. The summed E-state index contributed by atoms with van der Waals surface area (Å²) < 4.78 is 36.4. The molecular weight excluding hydrogens is 233 g/mol. The van der Waals surface area contributed by atoms with Crippen molar-refractivity contribution in [3.63, 3.8) is 0 Å². The highest BCUT2D eigenvalue weighted by atomic mass is 19.4. The summed E-state index contributed by atoms with van der Waals surface area (Å²) in [7, 11) is 1.44. The highest BCUT2D eigenvalue weighted by Crippen LogP contribution is 2.22. The summed E-state index contributed by atoms with van der Waals surface area (Å²) >= 11 is 0. The summed E-state index contributed by atoms with van der Waals surface area (Å²) in [6.07, 6.45) is -7.01. The molecular formula is C11H11F3N2O. The van der Waals surface area contributed by atoms with Crippen molar-refractivity contribution in [2.45, 2.75) is 12.3 Å². The Bertz CT molecular complexity index is 408. The Kier molecular flexibility index (Phi) is 3.97. The standard InChI is InChI=1S/C11H11F3N2O/c1-16(7-10(17)11(12,13)14)9-4-2-8(6-15)3-5-9/h2-5,10,17H,7H2,1H3. The molecule has 6 heteroatoms. The van der Waals surface area contributed by atoms with E-state index in [9.17, 15) is 13.2 Å². The van der Waals surface area contributed by atoms with E-state index in [0.29, 0.717) is 11.3 Å². The van der Waals surface area contributed by atoms with E-state index in [-0.39, 0.29) is 0 Å². The molecule has 0 aliphatic heterocycles. The minimum Gasteiger partial charge on any atom is -0.382 e. The molecule has 0 bridgehead atoms. The number of aliphatic hydroxyl groups excluding tert-OH is 1. The molecule has 1 N–H and O–H groups in total. The van der Waals surface area contributed by atoms with Crippen LogP contribution in [0.25, 0.3) is 0 Å². The molecule has 0 heterocycles. The van der Waals surface area contributed by atoms with E-state index < -0.39 is 18.8 Å². The monoisotopic (exact) mass is 244 g/mol. The van der Waals surface area contributed by atoms with E-state index >= 15 is 0 Å². The largest absolute Gasteiger partial charge is 0.416 e. The van der Waals surface area contributed by atoms with Crippen LogP contribution in [0.1, 0.15) is 5.56 Å². The van der Waals surface area contributed by atoms with Gasteiger partial charge in [-0.1, -0.05) is 0 Å². The maximum absolute atomic E-state index is 12.1. The minimum absolute atomic E-state index is 0.429. The molecule has 0 aromatic heterocycles. The molecule has 1 aromatic rings. The van der Waals surface area contributed by atoms with Crippen LogP contribution in [0.3, 0.4) is 0 Å². The molecule has 0 saturated carbocycles. The number of nitrogens with zero attached hydrogens (tertiary/aromatic N) is 2. The van der Waals surface area contributed by atoms with Gasteiger partial charge in [0.2, 0.25) is 0 Å². The van der Waals surface area contributed by atoms with Gasteiger partial charge in [0.15, 0.2) is 6.10 Å². The SMILES string of the molecule is CN(CC(O)C(F)(F)F)c1ccc(C#N)cc1. The fourth-order valence-corrected chi connectivity index (χ4v) is 1.26. The van der Waals surface area contributed by atoms with E-state index in [4.69, 9.17) is 10.4 Å². The van der Waals surface area contributed by atoms with Gasteiger partial charge in [0.05, 0.1) is 18.2 Å². The Balaban J connectivity index is 2.70. The predicted molar refractivity (Wildman–Crippen MR) is 56.5 cm³/mol. The van der Waals surface area contributed by atoms with Crippen molar-refractivity contribution in [2.24, 2.45) is 0 Å². The van der Waals surface area contributed by atoms with E-state index in [1.54, 1.807) is 0 Å². The Morgan fingerprint density at radius 1 is 1.35 bits per heavy atom. The highest BCUT2D eigenvalue weighted by molar-refractivity contribution is 5.49. The molecule has 1 atom stereocenters. The van der Waals surface area contributed by atoms with Crippen LogP contribution in [0.5, 0.6) is 0 Å². The molecule has 17 heavy (non-hydrogen) atoms. The van der Waals surface area contributed by atoms with Gasteiger partial charge < -0.3 is 10.0 Å². The van der Waals surface area contributed by atoms with Crippen molar-refractivity contribution in [3.8, 4) is 6.07 Å². The number of likely N-dealkylation sites (N-methyl/N-ethyl adjacent to an activating group) is 1. The number of anilines is 1. The predicted octanol–water partition coefficient (Wildman–Crippen LogP) is 1.92. The van der Waals surface area contributed by atoms with Gasteiger partial charge in [-0.25, -0.2) is 0 Å². The van der Waals surface area contributed by atoms with E-state index in [2.05, 4.69) is 0 Å². The molecule has 0 saturated heterocycles. The molecule has 1 aromatic carbocycles. The molecule has 0 fully saturated rings. The fraction of sp³-hybridized carbons (Fsp3) is 0.364. The molecule has 3 nitrogen and oxygen atoms in total.